The summed E-state index contributed by atoms with van der Waals surface area (Å²) in [7, 11) is 0. The van der Waals surface area contributed by atoms with Crippen molar-refractivity contribution in [2.24, 2.45) is 5.92 Å². The van der Waals surface area contributed by atoms with Crippen LogP contribution in [0.15, 0.2) is 36.4 Å². The van der Waals surface area contributed by atoms with Crippen LogP contribution in [-0.2, 0) is 29.6 Å². The topological polar surface area (TPSA) is 88.5 Å². The summed E-state index contributed by atoms with van der Waals surface area (Å²) in [6, 6.07) is 12.1. The van der Waals surface area contributed by atoms with Gasteiger partial charge < -0.3 is 5.32 Å². The first-order chi connectivity index (χ1) is 13.4. The van der Waals surface area contributed by atoms with Crippen LogP contribution in [0.2, 0.25) is 0 Å². The maximum Gasteiger partial charge on any atom is 0.229 e. The number of aryl methyl sites for hydroxylation is 1. The molecule has 28 heavy (non-hydrogen) atoms. The second-order valence-electron chi connectivity index (χ2n) is 8.45. The van der Waals surface area contributed by atoms with Crippen molar-refractivity contribution in [1.29, 1.82) is 0 Å². The number of nitrogens with one attached hydrogen (secondary N) is 2. The average molecular weight is 378 g/mol. The fraction of sp³-hybridized carbons (Fsp3) is 0.429. The van der Waals surface area contributed by atoms with E-state index in [1.807, 2.05) is 28.9 Å². The summed E-state index contributed by atoms with van der Waals surface area (Å²) in [5.74, 6) is 0.656. The molecule has 7 nitrogen and oxygen atoms in total. The third-order valence-electron chi connectivity index (χ3n) is 5.22. The van der Waals surface area contributed by atoms with Crippen LogP contribution in [0, 0.1) is 5.92 Å². The van der Waals surface area contributed by atoms with E-state index in [1.165, 1.54) is 0 Å². The highest BCUT2D eigenvalue weighted by atomic mass is 16.2. The van der Waals surface area contributed by atoms with E-state index >= 15 is 0 Å². The number of aromatic amines is 1. The van der Waals surface area contributed by atoms with Gasteiger partial charge in [-0.1, -0.05) is 51.1 Å². The molecule has 0 radical (unpaired) electrons. The van der Waals surface area contributed by atoms with Crippen LogP contribution in [0.1, 0.15) is 49.8 Å². The number of carbonyl (C=O) groups excluding carboxylic acids is 1. The summed E-state index contributed by atoms with van der Waals surface area (Å²) in [6.45, 7) is 6.99. The monoisotopic (exact) mass is 378 g/mol. The summed E-state index contributed by atoms with van der Waals surface area (Å²) in [6.07, 6.45) is 2.18. The zero-order chi connectivity index (χ0) is 19.7. The van der Waals surface area contributed by atoms with Gasteiger partial charge in [0.05, 0.1) is 23.6 Å². The smallest absolute Gasteiger partial charge is 0.229 e. The van der Waals surface area contributed by atoms with E-state index in [0.29, 0.717) is 13.0 Å². The number of benzene rings is 1. The Hall–Kier alpha value is -2.96. The fourth-order valence-electron chi connectivity index (χ4n) is 3.50. The molecule has 0 aliphatic heterocycles. The highest BCUT2D eigenvalue weighted by Gasteiger charge is 2.28. The number of fused-ring (bicyclic) bond motifs is 1. The molecule has 2 heterocycles. The van der Waals surface area contributed by atoms with E-state index in [9.17, 15) is 4.79 Å². The summed E-state index contributed by atoms with van der Waals surface area (Å²) >= 11 is 0. The fourth-order valence-corrected chi connectivity index (χ4v) is 3.50. The highest BCUT2D eigenvalue weighted by Crippen LogP contribution is 2.27. The standard InChI is InChI=1S/C21H26N6O/c1-21(2,3)18-12-19(27(25-18)13-14-7-5-4-6-8-14)22-20(28)15-9-10-16-17(11-15)24-26-23-16/h4-8,12,15H,9-11,13H2,1-3H3,(H,22,28)(H,23,24,26). The largest absolute Gasteiger partial charge is 0.311 e. The van der Waals surface area contributed by atoms with Crippen LogP contribution in [0.3, 0.4) is 0 Å². The Morgan fingerprint density at radius 1 is 1.21 bits per heavy atom. The zero-order valence-corrected chi connectivity index (χ0v) is 16.6. The summed E-state index contributed by atoms with van der Waals surface area (Å²) in [4.78, 5) is 13.0. The van der Waals surface area contributed by atoms with Crippen molar-refractivity contribution in [2.45, 2.75) is 52.0 Å². The van der Waals surface area contributed by atoms with Gasteiger partial charge in [-0.3, -0.25) is 4.79 Å². The molecule has 4 rings (SSSR count). The van der Waals surface area contributed by atoms with Gasteiger partial charge in [0.2, 0.25) is 5.91 Å². The number of carbonyl (C=O) groups is 1. The number of rotatable bonds is 4. The number of aromatic nitrogens is 5. The van der Waals surface area contributed by atoms with Gasteiger partial charge in [0.15, 0.2) is 0 Å². The molecule has 0 saturated carbocycles. The van der Waals surface area contributed by atoms with Crippen molar-refractivity contribution >= 4 is 11.7 Å². The van der Waals surface area contributed by atoms with Crippen molar-refractivity contribution in [2.75, 3.05) is 5.32 Å². The van der Waals surface area contributed by atoms with E-state index in [1.54, 1.807) is 0 Å². The quantitative estimate of drug-likeness (QED) is 0.730. The molecule has 0 spiro atoms. The number of amides is 1. The molecular weight excluding hydrogens is 352 g/mol. The first-order valence-electron chi connectivity index (χ1n) is 9.72. The van der Waals surface area contributed by atoms with Crippen molar-refractivity contribution in [3.63, 3.8) is 0 Å². The molecule has 1 unspecified atom stereocenters. The molecule has 1 aliphatic carbocycles. The van der Waals surface area contributed by atoms with Crippen molar-refractivity contribution in [1.82, 2.24) is 25.2 Å². The van der Waals surface area contributed by atoms with Crippen LogP contribution in [-0.4, -0.2) is 31.1 Å². The number of anilines is 1. The minimum absolute atomic E-state index is 0.0170. The predicted octanol–water partition coefficient (Wildman–Crippen LogP) is 3.09. The van der Waals surface area contributed by atoms with Gasteiger partial charge >= 0.3 is 0 Å². The lowest BCUT2D eigenvalue weighted by molar-refractivity contribution is -0.120. The molecule has 0 bridgehead atoms. The Kier molecular flexibility index (Phi) is 4.75. The second-order valence-corrected chi connectivity index (χ2v) is 8.45. The van der Waals surface area contributed by atoms with Crippen molar-refractivity contribution in [3.05, 3.63) is 59.0 Å². The van der Waals surface area contributed by atoms with E-state index in [4.69, 9.17) is 5.10 Å². The minimum atomic E-state index is -0.101. The molecule has 1 atom stereocenters. The van der Waals surface area contributed by atoms with Gasteiger partial charge in [0.1, 0.15) is 5.82 Å². The molecular formula is C21H26N6O. The molecule has 0 saturated heterocycles. The third kappa shape index (κ3) is 3.83. The molecule has 146 valence electrons. The molecule has 2 aromatic heterocycles. The molecule has 1 amide bonds. The van der Waals surface area contributed by atoms with E-state index in [0.717, 1.165) is 41.3 Å². The number of hydrogen-bond acceptors (Lipinski definition) is 4. The van der Waals surface area contributed by atoms with Crippen LogP contribution >= 0.6 is 0 Å². The number of H-pyrrole nitrogens is 1. The van der Waals surface area contributed by atoms with Gasteiger partial charge in [-0.15, -0.1) is 0 Å². The molecule has 3 aromatic rings. The Balaban J connectivity index is 1.56. The maximum atomic E-state index is 13.0. The average Bonchev–Trinajstić information content (AvgIpc) is 3.29. The first-order valence-corrected chi connectivity index (χ1v) is 9.72. The van der Waals surface area contributed by atoms with Crippen LogP contribution in [0.5, 0.6) is 0 Å². The number of nitrogens with zero attached hydrogens (tertiary/aromatic N) is 4. The van der Waals surface area contributed by atoms with Crippen molar-refractivity contribution in [3.8, 4) is 0 Å². The minimum Gasteiger partial charge on any atom is -0.311 e. The third-order valence-corrected chi connectivity index (χ3v) is 5.22. The Labute approximate surface area is 164 Å². The van der Waals surface area contributed by atoms with E-state index in [-0.39, 0.29) is 17.2 Å². The molecule has 2 N–H and O–H groups in total. The number of hydrogen-bond donors (Lipinski definition) is 2. The normalized spacial score (nSPS) is 16.6. The summed E-state index contributed by atoms with van der Waals surface area (Å²) < 4.78 is 1.89. The lowest BCUT2D eigenvalue weighted by atomic mass is 9.89. The molecule has 7 heteroatoms. The van der Waals surface area contributed by atoms with Gasteiger partial charge in [-0.25, -0.2) is 4.68 Å². The van der Waals surface area contributed by atoms with E-state index < -0.39 is 0 Å². The van der Waals surface area contributed by atoms with Crippen LogP contribution in [0.25, 0.3) is 0 Å². The Bertz CT molecular complexity index is 966. The van der Waals surface area contributed by atoms with Crippen LogP contribution < -0.4 is 5.32 Å². The lowest BCUT2D eigenvalue weighted by Gasteiger charge is -2.20. The van der Waals surface area contributed by atoms with Crippen LogP contribution in [0.4, 0.5) is 5.82 Å². The lowest BCUT2D eigenvalue weighted by Crippen LogP contribution is -2.29. The zero-order valence-electron chi connectivity index (χ0n) is 16.6. The van der Waals surface area contributed by atoms with Gasteiger partial charge in [0, 0.05) is 23.8 Å². The van der Waals surface area contributed by atoms with Gasteiger partial charge in [-0.2, -0.15) is 20.5 Å². The Morgan fingerprint density at radius 2 is 1.96 bits per heavy atom. The molecule has 1 aliphatic rings. The Morgan fingerprint density at radius 3 is 2.71 bits per heavy atom. The SMILES string of the molecule is CC(C)(C)c1cc(NC(=O)C2CCc3n[nH]nc3C2)n(Cc2ccccc2)n1. The van der Waals surface area contributed by atoms with Gasteiger partial charge in [-0.05, 0) is 18.4 Å². The van der Waals surface area contributed by atoms with Gasteiger partial charge in [0.25, 0.3) is 0 Å². The van der Waals surface area contributed by atoms with Crippen molar-refractivity contribution < 1.29 is 4.79 Å². The highest BCUT2D eigenvalue weighted by molar-refractivity contribution is 5.92. The maximum absolute atomic E-state index is 13.0. The predicted molar refractivity (Wildman–Crippen MR) is 107 cm³/mol. The molecule has 0 fully saturated rings. The second kappa shape index (κ2) is 7.22. The molecule has 1 aromatic carbocycles. The first kappa shape index (κ1) is 18.4. The van der Waals surface area contributed by atoms with E-state index in [2.05, 4.69) is 53.6 Å². The summed E-state index contributed by atoms with van der Waals surface area (Å²) in [5, 5.41) is 18.9. The summed E-state index contributed by atoms with van der Waals surface area (Å²) in [5.41, 5.74) is 3.89.